The van der Waals surface area contributed by atoms with Crippen molar-refractivity contribution in [2.75, 3.05) is 18.9 Å². The van der Waals surface area contributed by atoms with Crippen LogP contribution in [0.3, 0.4) is 0 Å². The average Bonchev–Trinajstić information content (AvgIpc) is 3.10. The molecule has 0 saturated carbocycles. The first-order valence-corrected chi connectivity index (χ1v) is 9.75. The molecule has 31 heavy (non-hydrogen) atoms. The Morgan fingerprint density at radius 3 is 2.26 bits per heavy atom. The van der Waals surface area contributed by atoms with Crippen molar-refractivity contribution in [1.29, 1.82) is 0 Å². The van der Waals surface area contributed by atoms with Gasteiger partial charge < -0.3 is 20.9 Å². The molecular weight excluding hydrogens is 392 g/mol. The Labute approximate surface area is 179 Å². The number of carboxylic acids is 1. The summed E-state index contributed by atoms with van der Waals surface area (Å²) in [5, 5.41) is 11.7. The highest BCUT2D eigenvalue weighted by atomic mass is 16.5. The Morgan fingerprint density at radius 2 is 1.61 bits per heavy atom. The van der Waals surface area contributed by atoms with Crippen LogP contribution >= 0.6 is 0 Å². The molecule has 4 rings (SSSR count). The van der Waals surface area contributed by atoms with Crippen molar-refractivity contribution >= 4 is 17.7 Å². The minimum atomic E-state index is -1.11. The first kappa shape index (κ1) is 20.0. The van der Waals surface area contributed by atoms with Gasteiger partial charge in [0, 0.05) is 11.5 Å². The van der Waals surface area contributed by atoms with E-state index >= 15 is 0 Å². The molecule has 1 aliphatic rings. The molecule has 0 unspecified atom stereocenters. The molecule has 3 aromatic carbocycles. The summed E-state index contributed by atoms with van der Waals surface area (Å²) >= 11 is 0. The number of carboxylic acid groups (broad SMARTS) is 1. The third-order valence-corrected chi connectivity index (χ3v) is 5.22. The molecule has 0 saturated heterocycles. The monoisotopic (exact) mass is 412 g/mol. The molecule has 6 heteroatoms. The second-order valence-electron chi connectivity index (χ2n) is 7.05. The molecule has 0 radical (unpaired) electrons. The Kier molecular flexibility index (Phi) is 5.59. The van der Waals surface area contributed by atoms with E-state index < -0.39 is 12.1 Å². The predicted molar refractivity (Wildman–Crippen MR) is 118 cm³/mol. The van der Waals surface area contributed by atoms with Crippen LogP contribution in [0, 0.1) is 11.8 Å². The number of amides is 1. The van der Waals surface area contributed by atoms with Gasteiger partial charge in [0.1, 0.15) is 6.61 Å². The van der Waals surface area contributed by atoms with Gasteiger partial charge in [0.2, 0.25) is 0 Å². The second-order valence-corrected chi connectivity index (χ2v) is 7.05. The summed E-state index contributed by atoms with van der Waals surface area (Å²) in [5.74, 6) is 4.42. The molecule has 0 bridgehead atoms. The summed E-state index contributed by atoms with van der Waals surface area (Å²) < 4.78 is 5.45. The molecule has 3 aromatic rings. The van der Waals surface area contributed by atoms with Gasteiger partial charge in [-0.15, -0.1) is 0 Å². The van der Waals surface area contributed by atoms with Crippen LogP contribution in [0.15, 0.2) is 66.7 Å². The van der Waals surface area contributed by atoms with E-state index in [9.17, 15) is 9.59 Å². The lowest BCUT2D eigenvalue weighted by Gasteiger charge is -2.14. The number of alkyl carbamates (subject to hydrolysis) is 1. The van der Waals surface area contributed by atoms with E-state index in [0.717, 1.165) is 11.1 Å². The highest BCUT2D eigenvalue weighted by molar-refractivity contribution is 5.95. The van der Waals surface area contributed by atoms with Gasteiger partial charge in [-0.1, -0.05) is 66.4 Å². The number of para-hydroxylation sites is 1. The summed E-state index contributed by atoms with van der Waals surface area (Å²) in [5.41, 5.74) is 10.9. The first-order chi connectivity index (χ1) is 15.1. The van der Waals surface area contributed by atoms with Gasteiger partial charge in [-0.3, -0.25) is 0 Å². The number of benzene rings is 3. The number of hydrogen-bond donors (Lipinski definition) is 3. The largest absolute Gasteiger partial charge is 0.478 e. The molecule has 0 aromatic heterocycles. The average molecular weight is 412 g/mol. The molecular formula is C25H20N2O4. The number of carbonyl (C=O) groups is 2. The van der Waals surface area contributed by atoms with E-state index in [1.54, 1.807) is 12.1 Å². The van der Waals surface area contributed by atoms with E-state index in [1.165, 1.54) is 17.2 Å². The summed E-state index contributed by atoms with van der Waals surface area (Å²) in [6.07, 6.45) is -0.566. The predicted octanol–water partition coefficient (Wildman–Crippen LogP) is 3.86. The van der Waals surface area contributed by atoms with Crippen LogP contribution in [0.5, 0.6) is 0 Å². The topological polar surface area (TPSA) is 102 Å². The van der Waals surface area contributed by atoms with Crippen molar-refractivity contribution < 1.29 is 19.4 Å². The maximum atomic E-state index is 12.1. The minimum Gasteiger partial charge on any atom is -0.478 e. The molecule has 6 nitrogen and oxygen atoms in total. The molecule has 0 fully saturated rings. The number of fused-ring (bicyclic) bond motifs is 3. The molecule has 0 aliphatic heterocycles. The summed E-state index contributed by atoms with van der Waals surface area (Å²) in [7, 11) is 0. The van der Waals surface area contributed by atoms with Crippen molar-refractivity contribution in [2.24, 2.45) is 0 Å². The van der Waals surface area contributed by atoms with E-state index in [0.29, 0.717) is 5.56 Å². The highest BCUT2D eigenvalue weighted by Crippen LogP contribution is 2.44. The number of nitrogens with one attached hydrogen (secondary N) is 1. The van der Waals surface area contributed by atoms with Crippen LogP contribution in [-0.2, 0) is 4.74 Å². The fourth-order valence-electron chi connectivity index (χ4n) is 3.77. The van der Waals surface area contributed by atoms with Crippen molar-refractivity contribution in [1.82, 2.24) is 5.32 Å². The standard InChI is InChI=1S/C25H20N2O4/c26-23-16(7-5-13-21(23)24(28)29)8-6-14-27-25(30)31-15-22-19-11-3-1-9-17(19)18-10-2-4-12-20(18)22/h1-5,7,9-13,22H,14-15,26H2,(H,27,30)(H,28,29). The van der Waals surface area contributed by atoms with Crippen molar-refractivity contribution in [2.45, 2.75) is 5.92 Å². The lowest BCUT2D eigenvalue weighted by molar-refractivity contribution is 0.0698. The van der Waals surface area contributed by atoms with Crippen LogP contribution < -0.4 is 11.1 Å². The second kappa shape index (κ2) is 8.64. The van der Waals surface area contributed by atoms with Gasteiger partial charge in [0.25, 0.3) is 0 Å². The number of hydrogen-bond acceptors (Lipinski definition) is 4. The van der Waals surface area contributed by atoms with E-state index in [-0.39, 0.29) is 30.3 Å². The summed E-state index contributed by atoms with van der Waals surface area (Å²) in [6, 6.07) is 20.9. The number of nitrogen functional groups attached to an aromatic ring is 1. The van der Waals surface area contributed by atoms with Crippen LogP contribution in [0.1, 0.15) is 33.0 Å². The number of carbonyl (C=O) groups excluding carboxylic acids is 1. The van der Waals surface area contributed by atoms with Gasteiger partial charge in [-0.2, -0.15) is 0 Å². The fraction of sp³-hybridized carbons (Fsp3) is 0.120. The quantitative estimate of drug-likeness (QED) is 0.446. The summed E-state index contributed by atoms with van der Waals surface area (Å²) in [4.78, 5) is 23.3. The SMILES string of the molecule is Nc1c(C#CCNC(=O)OCC2c3ccccc3-c3ccccc32)cccc1C(=O)O. The molecule has 1 amide bonds. The lowest BCUT2D eigenvalue weighted by Crippen LogP contribution is -2.26. The van der Waals surface area contributed by atoms with E-state index in [2.05, 4.69) is 41.4 Å². The smallest absolute Gasteiger partial charge is 0.407 e. The van der Waals surface area contributed by atoms with Crippen molar-refractivity contribution in [3.8, 4) is 23.0 Å². The molecule has 1 aliphatic carbocycles. The van der Waals surface area contributed by atoms with Crippen molar-refractivity contribution in [3.05, 3.63) is 89.0 Å². The molecule has 154 valence electrons. The lowest BCUT2D eigenvalue weighted by atomic mass is 9.98. The number of rotatable bonds is 4. The zero-order valence-electron chi connectivity index (χ0n) is 16.6. The van der Waals surface area contributed by atoms with E-state index in [1.807, 2.05) is 24.3 Å². The minimum absolute atomic E-state index is 0.00343. The van der Waals surface area contributed by atoms with Gasteiger partial charge in [0.05, 0.1) is 17.8 Å². The molecule has 4 N–H and O–H groups in total. The first-order valence-electron chi connectivity index (χ1n) is 9.75. The van der Waals surface area contributed by atoms with Crippen LogP contribution in [0.25, 0.3) is 11.1 Å². The van der Waals surface area contributed by atoms with Crippen molar-refractivity contribution in [3.63, 3.8) is 0 Å². The molecule has 0 heterocycles. The Bertz CT molecular complexity index is 1180. The van der Waals surface area contributed by atoms with Gasteiger partial charge in [-0.25, -0.2) is 9.59 Å². The van der Waals surface area contributed by atoms with E-state index in [4.69, 9.17) is 15.6 Å². The Morgan fingerprint density at radius 1 is 0.968 bits per heavy atom. The van der Waals surface area contributed by atoms with Crippen LogP contribution in [0.2, 0.25) is 0 Å². The maximum Gasteiger partial charge on any atom is 0.407 e. The molecule has 0 spiro atoms. The Hall–Kier alpha value is -4.24. The number of ether oxygens (including phenoxy) is 1. The zero-order valence-corrected chi connectivity index (χ0v) is 16.6. The van der Waals surface area contributed by atoms with Gasteiger partial charge in [0.15, 0.2) is 0 Å². The zero-order chi connectivity index (χ0) is 21.8. The number of aromatic carboxylic acids is 1. The third kappa shape index (κ3) is 4.07. The van der Waals surface area contributed by atoms with Gasteiger partial charge >= 0.3 is 12.1 Å². The van der Waals surface area contributed by atoms with Crippen LogP contribution in [-0.4, -0.2) is 30.3 Å². The highest BCUT2D eigenvalue weighted by Gasteiger charge is 2.28. The summed E-state index contributed by atoms with van der Waals surface area (Å²) in [6.45, 7) is 0.272. The fourth-order valence-corrected chi connectivity index (χ4v) is 3.77. The number of anilines is 1. The Balaban J connectivity index is 1.36. The number of nitrogens with two attached hydrogens (primary N) is 1. The molecule has 0 atom stereocenters. The van der Waals surface area contributed by atoms with Crippen LogP contribution in [0.4, 0.5) is 10.5 Å². The maximum absolute atomic E-state index is 12.1. The van der Waals surface area contributed by atoms with Gasteiger partial charge in [-0.05, 0) is 34.4 Å². The third-order valence-electron chi connectivity index (χ3n) is 5.22. The normalized spacial score (nSPS) is 11.6.